The lowest BCUT2D eigenvalue weighted by Crippen LogP contribution is -2.13. The van der Waals surface area contributed by atoms with Crippen molar-refractivity contribution in [1.29, 1.82) is 0 Å². The van der Waals surface area contributed by atoms with E-state index in [4.69, 9.17) is 5.73 Å². The molecule has 2 N–H and O–H groups in total. The predicted octanol–water partition coefficient (Wildman–Crippen LogP) is 1.70. The molecule has 70 valence electrons. The molecule has 0 radical (unpaired) electrons. The fraction of sp³-hybridized carbons (Fsp3) is 0.455. The Bertz CT molecular complexity index is 320. The molecule has 1 aromatic rings. The SMILES string of the molecule is CC1CN(C)c2ccc(CN)cc21. The van der Waals surface area contributed by atoms with Gasteiger partial charge in [-0.05, 0) is 17.2 Å². The average Bonchev–Trinajstić information content (AvgIpc) is 2.42. The van der Waals surface area contributed by atoms with Crippen LogP contribution < -0.4 is 10.6 Å². The van der Waals surface area contributed by atoms with Gasteiger partial charge < -0.3 is 10.6 Å². The van der Waals surface area contributed by atoms with E-state index in [-0.39, 0.29) is 0 Å². The molecule has 0 amide bonds. The molecule has 1 aromatic carbocycles. The Kier molecular flexibility index (Phi) is 2.00. The predicted molar refractivity (Wildman–Crippen MR) is 56.0 cm³/mol. The summed E-state index contributed by atoms with van der Waals surface area (Å²) >= 11 is 0. The Balaban J connectivity index is 2.46. The molecule has 2 rings (SSSR count). The summed E-state index contributed by atoms with van der Waals surface area (Å²) < 4.78 is 0. The van der Waals surface area contributed by atoms with E-state index in [1.54, 1.807) is 0 Å². The van der Waals surface area contributed by atoms with Crippen LogP contribution >= 0.6 is 0 Å². The van der Waals surface area contributed by atoms with Gasteiger partial charge in [0.1, 0.15) is 0 Å². The molecule has 1 unspecified atom stereocenters. The first-order valence-corrected chi connectivity index (χ1v) is 4.76. The smallest absolute Gasteiger partial charge is 0.0399 e. The van der Waals surface area contributed by atoms with E-state index < -0.39 is 0 Å². The van der Waals surface area contributed by atoms with Crippen molar-refractivity contribution in [3.8, 4) is 0 Å². The highest BCUT2D eigenvalue weighted by Crippen LogP contribution is 2.35. The highest BCUT2D eigenvalue weighted by Gasteiger charge is 2.22. The molecule has 1 atom stereocenters. The fourth-order valence-electron chi connectivity index (χ4n) is 2.08. The maximum atomic E-state index is 5.61. The van der Waals surface area contributed by atoms with Crippen LogP contribution in [0.2, 0.25) is 0 Å². The van der Waals surface area contributed by atoms with Gasteiger partial charge in [-0.3, -0.25) is 0 Å². The molecule has 0 fully saturated rings. The van der Waals surface area contributed by atoms with Gasteiger partial charge in [0.25, 0.3) is 0 Å². The minimum Gasteiger partial charge on any atom is -0.374 e. The van der Waals surface area contributed by atoms with Crippen LogP contribution in [0.4, 0.5) is 5.69 Å². The van der Waals surface area contributed by atoms with Gasteiger partial charge in [-0.15, -0.1) is 0 Å². The third kappa shape index (κ3) is 1.31. The maximum Gasteiger partial charge on any atom is 0.0399 e. The molecular formula is C11H16N2. The summed E-state index contributed by atoms with van der Waals surface area (Å²) in [6, 6.07) is 6.54. The van der Waals surface area contributed by atoms with Crippen molar-refractivity contribution in [3.05, 3.63) is 29.3 Å². The standard InChI is InChI=1S/C11H16N2/c1-8-7-13(2)11-4-3-9(6-12)5-10(8)11/h3-5,8H,6-7,12H2,1-2H3. The first-order chi connectivity index (χ1) is 6.22. The van der Waals surface area contributed by atoms with Crippen LogP contribution in [0.25, 0.3) is 0 Å². The van der Waals surface area contributed by atoms with Crippen molar-refractivity contribution in [3.63, 3.8) is 0 Å². The number of nitrogens with zero attached hydrogens (tertiary/aromatic N) is 1. The van der Waals surface area contributed by atoms with Crippen LogP contribution in [0.3, 0.4) is 0 Å². The minimum atomic E-state index is 0.643. The van der Waals surface area contributed by atoms with Crippen molar-refractivity contribution < 1.29 is 0 Å². The number of anilines is 1. The molecule has 0 bridgehead atoms. The van der Waals surface area contributed by atoms with Crippen LogP contribution in [0.1, 0.15) is 24.0 Å². The highest BCUT2D eigenvalue weighted by atomic mass is 15.1. The van der Waals surface area contributed by atoms with Crippen LogP contribution in [0, 0.1) is 0 Å². The topological polar surface area (TPSA) is 29.3 Å². The molecule has 0 spiro atoms. The number of likely N-dealkylation sites (N-methyl/N-ethyl adjacent to an activating group) is 1. The van der Waals surface area contributed by atoms with Crippen molar-refractivity contribution in [2.45, 2.75) is 19.4 Å². The summed E-state index contributed by atoms with van der Waals surface area (Å²) in [4.78, 5) is 2.31. The van der Waals surface area contributed by atoms with E-state index >= 15 is 0 Å². The Morgan fingerprint density at radius 2 is 2.31 bits per heavy atom. The molecule has 1 aliphatic rings. The second-order valence-electron chi connectivity index (χ2n) is 3.88. The third-order valence-electron chi connectivity index (χ3n) is 2.82. The first-order valence-electron chi connectivity index (χ1n) is 4.76. The van der Waals surface area contributed by atoms with Gasteiger partial charge in [0, 0.05) is 31.7 Å². The lowest BCUT2D eigenvalue weighted by Gasteiger charge is -2.11. The molecule has 2 nitrogen and oxygen atoms in total. The highest BCUT2D eigenvalue weighted by molar-refractivity contribution is 5.60. The quantitative estimate of drug-likeness (QED) is 0.705. The Hall–Kier alpha value is -1.02. The number of hydrogen-bond donors (Lipinski definition) is 1. The van der Waals surface area contributed by atoms with Gasteiger partial charge in [-0.25, -0.2) is 0 Å². The lowest BCUT2D eigenvalue weighted by molar-refractivity contribution is 0.795. The van der Waals surface area contributed by atoms with Gasteiger partial charge >= 0.3 is 0 Å². The number of benzene rings is 1. The van der Waals surface area contributed by atoms with Crippen molar-refractivity contribution >= 4 is 5.69 Å². The monoisotopic (exact) mass is 176 g/mol. The van der Waals surface area contributed by atoms with Crippen molar-refractivity contribution in [1.82, 2.24) is 0 Å². The van der Waals surface area contributed by atoms with E-state index in [0.717, 1.165) is 6.54 Å². The first kappa shape index (κ1) is 8.57. The zero-order chi connectivity index (χ0) is 9.42. The molecule has 13 heavy (non-hydrogen) atoms. The van der Waals surface area contributed by atoms with E-state index in [9.17, 15) is 0 Å². The number of nitrogens with two attached hydrogens (primary N) is 1. The second-order valence-corrected chi connectivity index (χ2v) is 3.88. The minimum absolute atomic E-state index is 0.643. The molecule has 0 aromatic heterocycles. The largest absolute Gasteiger partial charge is 0.374 e. The Morgan fingerprint density at radius 1 is 1.54 bits per heavy atom. The molecule has 1 aliphatic heterocycles. The van der Waals surface area contributed by atoms with Gasteiger partial charge in [-0.2, -0.15) is 0 Å². The fourth-order valence-corrected chi connectivity index (χ4v) is 2.08. The van der Waals surface area contributed by atoms with Gasteiger partial charge in [0.05, 0.1) is 0 Å². The molecule has 1 heterocycles. The lowest BCUT2D eigenvalue weighted by atomic mass is 10.0. The van der Waals surface area contributed by atoms with Gasteiger partial charge in [-0.1, -0.05) is 19.1 Å². The zero-order valence-corrected chi connectivity index (χ0v) is 8.25. The van der Waals surface area contributed by atoms with E-state index in [2.05, 4.69) is 37.1 Å². The van der Waals surface area contributed by atoms with Crippen LogP contribution in [-0.4, -0.2) is 13.6 Å². The zero-order valence-electron chi connectivity index (χ0n) is 8.25. The van der Waals surface area contributed by atoms with Crippen LogP contribution in [-0.2, 0) is 6.54 Å². The molecule has 0 saturated heterocycles. The average molecular weight is 176 g/mol. The number of hydrogen-bond acceptors (Lipinski definition) is 2. The second kappa shape index (κ2) is 3.04. The van der Waals surface area contributed by atoms with E-state index in [1.807, 2.05) is 0 Å². The van der Waals surface area contributed by atoms with Crippen LogP contribution in [0.5, 0.6) is 0 Å². The Labute approximate surface area is 79.4 Å². The molecular weight excluding hydrogens is 160 g/mol. The van der Waals surface area contributed by atoms with Gasteiger partial charge in [0.2, 0.25) is 0 Å². The summed E-state index contributed by atoms with van der Waals surface area (Å²) in [5, 5.41) is 0. The molecule has 0 saturated carbocycles. The van der Waals surface area contributed by atoms with Gasteiger partial charge in [0.15, 0.2) is 0 Å². The summed E-state index contributed by atoms with van der Waals surface area (Å²) in [5.74, 6) is 0.645. The van der Waals surface area contributed by atoms with E-state index in [1.165, 1.54) is 16.8 Å². The van der Waals surface area contributed by atoms with Crippen molar-refractivity contribution in [2.24, 2.45) is 5.73 Å². The normalized spacial score (nSPS) is 20.5. The van der Waals surface area contributed by atoms with Crippen molar-refractivity contribution in [2.75, 3.05) is 18.5 Å². The third-order valence-corrected chi connectivity index (χ3v) is 2.82. The summed E-state index contributed by atoms with van der Waals surface area (Å²) in [6.07, 6.45) is 0. The maximum absolute atomic E-state index is 5.61. The summed E-state index contributed by atoms with van der Waals surface area (Å²) in [6.45, 7) is 4.04. The number of fused-ring (bicyclic) bond motifs is 1. The summed E-state index contributed by atoms with van der Waals surface area (Å²) in [7, 11) is 2.14. The Morgan fingerprint density at radius 3 is 3.00 bits per heavy atom. The van der Waals surface area contributed by atoms with Crippen LogP contribution in [0.15, 0.2) is 18.2 Å². The van der Waals surface area contributed by atoms with E-state index in [0.29, 0.717) is 12.5 Å². The summed E-state index contributed by atoms with van der Waals surface area (Å²) in [5.41, 5.74) is 9.66. The molecule has 2 heteroatoms. The molecule has 0 aliphatic carbocycles. The number of rotatable bonds is 1.